The van der Waals surface area contributed by atoms with E-state index in [9.17, 15) is 8.78 Å². The van der Waals surface area contributed by atoms with Crippen molar-refractivity contribution in [1.82, 2.24) is 0 Å². The molecule has 3 heteroatoms. The van der Waals surface area contributed by atoms with Crippen LogP contribution in [-0.2, 0) is 0 Å². The number of alkyl halides is 2. The molecule has 0 saturated carbocycles. The van der Waals surface area contributed by atoms with Gasteiger partial charge >= 0.3 is 0 Å². The fourth-order valence-corrected chi connectivity index (χ4v) is 0.850. The Hall–Kier alpha value is -0.440. The minimum absolute atomic E-state index is 0.232. The van der Waals surface area contributed by atoms with E-state index in [4.69, 9.17) is 5.73 Å². The van der Waals surface area contributed by atoms with Gasteiger partial charge in [-0.15, -0.1) is 0 Å². The fraction of sp³-hybridized carbons (Fsp3) is 0.750. The highest BCUT2D eigenvalue weighted by Crippen LogP contribution is 2.04. The lowest BCUT2D eigenvalue weighted by atomic mass is 10.0. The topological polar surface area (TPSA) is 26.0 Å². The smallest absolute Gasteiger partial charge is 0.257 e. The molecule has 1 atom stereocenters. The first-order valence-electron chi connectivity index (χ1n) is 3.74. The third-order valence-corrected chi connectivity index (χ3v) is 1.25. The zero-order valence-corrected chi connectivity index (χ0v) is 6.93. The maximum atomic E-state index is 11.6. The van der Waals surface area contributed by atoms with Crippen molar-refractivity contribution >= 4 is 0 Å². The van der Waals surface area contributed by atoms with Crippen molar-refractivity contribution in [3.8, 4) is 0 Å². The van der Waals surface area contributed by atoms with E-state index in [-0.39, 0.29) is 6.04 Å². The van der Waals surface area contributed by atoms with Crippen molar-refractivity contribution < 1.29 is 8.78 Å². The second kappa shape index (κ2) is 5.24. The van der Waals surface area contributed by atoms with Crippen LogP contribution in [0.2, 0.25) is 0 Å². The lowest BCUT2D eigenvalue weighted by Gasteiger charge is -2.08. The SMILES string of the molecule is CC(C)CC(N)/C=C/C(F)F. The van der Waals surface area contributed by atoms with E-state index < -0.39 is 6.43 Å². The largest absolute Gasteiger partial charge is 0.324 e. The minimum atomic E-state index is -2.38. The van der Waals surface area contributed by atoms with Crippen LogP contribution >= 0.6 is 0 Å². The fourth-order valence-electron chi connectivity index (χ4n) is 0.850. The molecular weight excluding hydrogens is 148 g/mol. The van der Waals surface area contributed by atoms with Crippen LogP contribution in [0.4, 0.5) is 8.78 Å². The van der Waals surface area contributed by atoms with Gasteiger partial charge in [0.05, 0.1) is 0 Å². The number of halogens is 2. The van der Waals surface area contributed by atoms with Crippen LogP contribution < -0.4 is 5.73 Å². The van der Waals surface area contributed by atoms with Gasteiger partial charge < -0.3 is 5.73 Å². The zero-order chi connectivity index (χ0) is 8.85. The Bertz CT molecular complexity index is 121. The van der Waals surface area contributed by atoms with Gasteiger partial charge in [0.2, 0.25) is 0 Å². The van der Waals surface area contributed by atoms with Gasteiger partial charge in [0.25, 0.3) is 6.43 Å². The van der Waals surface area contributed by atoms with Crippen LogP contribution in [0.5, 0.6) is 0 Å². The molecule has 11 heavy (non-hydrogen) atoms. The van der Waals surface area contributed by atoms with E-state index in [1.165, 1.54) is 6.08 Å². The van der Waals surface area contributed by atoms with E-state index in [2.05, 4.69) is 0 Å². The predicted octanol–water partition coefficient (Wildman–Crippen LogP) is 2.18. The zero-order valence-electron chi connectivity index (χ0n) is 6.93. The molecule has 0 bridgehead atoms. The third-order valence-electron chi connectivity index (χ3n) is 1.25. The van der Waals surface area contributed by atoms with Crippen LogP contribution in [0.1, 0.15) is 20.3 Å². The maximum absolute atomic E-state index is 11.6. The first-order chi connectivity index (χ1) is 5.02. The molecule has 0 heterocycles. The first kappa shape index (κ1) is 10.6. The van der Waals surface area contributed by atoms with E-state index >= 15 is 0 Å². The molecule has 0 rings (SSSR count). The predicted molar refractivity (Wildman–Crippen MR) is 42.6 cm³/mol. The van der Waals surface area contributed by atoms with Gasteiger partial charge in [-0.25, -0.2) is 8.78 Å². The lowest BCUT2D eigenvalue weighted by molar-refractivity contribution is 0.203. The molecule has 2 N–H and O–H groups in total. The summed E-state index contributed by atoms with van der Waals surface area (Å²) in [5.41, 5.74) is 5.50. The summed E-state index contributed by atoms with van der Waals surface area (Å²) < 4.78 is 23.2. The van der Waals surface area contributed by atoms with Gasteiger partial charge in [0.15, 0.2) is 0 Å². The summed E-state index contributed by atoms with van der Waals surface area (Å²) in [6, 6.07) is -0.232. The molecule has 0 fully saturated rings. The Morgan fingerprint density at radius 3 is 2.18 bits per heavy atom. The Labute approximate surface area is 66.3 Å². The number of rotatable bonds is 4. The molecule has 66 valence electrons. The van der Waals surface area contributed by atoms with Gasteiger partial charge in [-0.1, -0.05) is 19.9 Å². The highest BCUT2D eigenvalue weighted by Gasteiger charge is 2.02. The average molecular weight is 163 g/mol. The molecule has 0 aromatic rings. The molecule has 0 aromatic heterocycles. The Morgan fingerprint density at radius 1 is 1.27 bits per heavy atom. The van der Waals surface area contributed by atoms with Crippen LogP contribution in [0.25, 0.3) is 0 Å². The van der Waals surface area contributed by atoms with Crippen molar-refractivity contribution in [2.45, 2.75) is 32.7 Å². The summed E-state index contributed by atoms with van der Waals surface area (Å²) >= 11 is 0. The number of allylic oxidation sites excluding steroid dienone is 1. The molecular formula is C8H15F2N. The van der Waals surface area contributed by atoms with Crippen LogP contribution in [0.15, 0.2) is 12.2 Å². The summed E-state index contributed by atoms with van der Waals surface area (Å²) in [5, 5.41) is 0. The average Bonchev–Trinajstić information content (AvgIpc) is 1.82. The Kier molecular flexibility index (Phi) is 5.03. The normalized spacial score (nSPS) is 15.2. The summed E-state index contributed by atoms with van der Waals surface area (Å²) in [6.45, 7) is 4.02. The molecule has 1 nitrogen and oxygen atoms in total. The van der Waals surface area contributed by atoms with Gasteiger partial charge in [-0.2, -0.15) is 0 Å². The van der Waals surface area contributed by atoms with Crippen LogP contribution in [0.3, 0.4) is 0 Å². The van der Waals surface area contributed by atoms with Gasteiger partial charge in [0.1, 0.15) is 0 Å². The maximum Gasteiger partial charge on any atom is 0.257 e. The summed E-state index contributed by atoms with van der Waals surface area (Å²) in [5.74, 6) is 0.451. The minimum Gasteiger partial charge on any atom is -0.324 e. The Morgan fingerprint density at radius 2 is 1.82 bits per heavy atom. The summed E-state index contributed by atoms with van der Waals surface area (Å²) in [7, 11) is 0. The van der Waals surface area contributed by atoms with E-state index in [0.717, 1.165) is 12.5 Å². The number of hydrogen-bond acceptors (Lipinski definition) is 1. The molecule has 0 amide bonds. The molecule has 0 aliphatic heterocycles. The molecule has 1 unspecified atom stereocenters. The Balaban J connectivity index is 3.59. The first-order valence-corrected chi connectivity index (χ1v) is 3.74. The monoisotopic (exact) mass is 163 g/mol. The molecule has 0 spiro atoms. The standard InChI is InChI=1S/C8H15F2N/c1-6(2)5-7(11)3-4-8(9)10/h3-4,6-8H,5,11H2,1-2H3/b4-3+. The molecule has 0 aliphatic rings. The molecule has 0 aromatic carbocycles. The van der Waals surface area contributed by atoms with E-state index in [1.807, 2.05) is 13.8 Å². The molecule has 0 saturated heterocycles. The lowest BCUT2D eigenvalue weighted by Crippen LogP contribution is -2.19. The van der Waals surface area contributed by atoms with Gasteiger partial charge in [-0.3, -0.25) is 0 Å². The van der Waals surface area contributed by atoms with Crippen LogP contribution in [0, 0.1) is 5.92 Å². The number of hydrogen-bond donors (Lipinski definition) is 1. The van der Waals surface area contributed by atoms with Crippen molar-refractivity contribution in [2.24, 2.45) is 11.7 Å². The third kappa shape index (κ3) is 7.46. The quantitative estimate of drug-likeness (QED) is 0.631. The van der Waals surface area contributed by atoms with Crippen molar-refractivity contribution in [2.75, 3.05) is 0 Å². The molecule has 0 aliphatic carbocycles. The van der Waals surface area contributed by atoms with Gasteiger partial charge in [-0.05, 0) is 18.4 Å². The molecule has 0 radical (unpaired) electrons. The number of nitrogens with two attached hydrogens (primary N) is 1. The van der Waals surface area contributed by atoms with Crippen molar-refractivity contribution in [3.05, 3.63) is 12.2 Å². The van der Waals surface area contributed by atoms with Crippen molar-refractivity contribution in [3.63, 3.8) is 0 Å². The van der Waals surface area contributed by atoms with Crippen molar-refractivity contribution in [1.29, 1.82) is 0 Å². The van der Waals surface area contributed by atoms with E-state index in [1.54, 1.807) is 0 Å². The highest BCUT2D eigenvalue weighted by molar-refractivity contribution is 4.93. The summed E-state index contributed by atoms with van der Waals surface area (Å²) in [4.78, 5) is 0. The second-order valence-corrected chi connectivity index (χ2v) is 3.01. The summed E-state index contributed by atoms with van der Waals surface area (Å²) in [6.07, 6.45) is 0.578. The van der Waals surface area contributed by atoms with Gasteiger partial charge in [0, 0.05) is 6.04 Å². The van der Waals surface area contributed by atoms with E-state index in [0.29, 0.717) is 5.92 Å². The highest BCUT2D eigenvalue weighted by atomic mass is 19.3. The van der Waals surface area contributed by atoms with Crippen LogP contribution in [-0.4, -0.2) is 12.5 Å². The second-order valence-electron chi connectivity index (χ2n) is 3.01.